The van der Waals surface area contributed by atoms with Crippen molar-refractivity contribution in [3.8, 4) is 0 Å². The van der Waals surface area contributed by atoms with Crippen molar-refractivity contribution in [1.29, 1.82) is 0 Å². The molecule has 0 saturated carbocycles. The fourth-order valence-corrected chi connectivity index (χ4v) is 2.40. The van der Waals surface area contributed by atoms with E-state index >= 15 is 0 Å². The van der Waals surface area contributed by atoms with E-state index in [1.54, 1.807) is 12.1 Å². The lowest BCUT2D eigenvalue weighted by Crippen LogP contribution is -2.50. The van der Waals surface area contributed by atoms with Crippen LogP contribution in [0, 0.1) is 5.92 Å². The van der Waals surface area contributed by atoms with Crippen molar-refractivity contribution >= 4 is 41.0 Å². The molecular weight excluding hydrogens is 355 g/mol. The first-order chi connectivity index (χ1) is 11.1. The zero-order valence-electron chi connectivity index (χ0n) is 13.6. The van der Waals surface area contributed by atoms with Crippen molar-refractivity contribution in [3.05, 3.63) is 33.8 Å². The molecule has 0 aliphatic heterocycles. The highest BCUT2D eigenvalue weighted by Crippen LogP contribution is 2.25. The number of aliphatic carboxylic acids is 1. The Hall–Kier alpha value is -1.79. The molecule has 0 aliphatic rings. The second-order valence-corrected chi connectivity index (χ2v) is 6.61. The van der Waals surface area contributed by atoms with Crippen LogP contribution in [0.15, 0.2) is 18.2 Å². The quantitative estimate of drug-likeness (QED) is 0.683. The van der Waals surface area contributed by atoms with Gasteiger partial charge in [-0.05, 0) is 31.4 Å². The number of carboxylic acid groups (broad SMARTS) is 1. The average molecular weight is 375 g/mol. The lowest BCUT2D eigenvalue weighted by atomic mass is 10.0. The molecular formula is C16H20Cl2N2O4. The molecule has 1 aromatic carbocycles. The molecule has 0 heterocycles. The van der Waals surface area contributed by atoms with Crippen molar-refractivity contribution in [2.45, 2.75) is 39.3 Å². The van der Waals surface area contributed by atoms with E-state index < -0.39 is 29.9 Å². The molecule has 2 amide bonds. The molecule has 2 unspecified atom stereocenters. The molecule has 2 atom stereocenters. The molecule has 0 spiro atoms. The Morgan fingerprint density at radius 2 is 1.75 bits per heavy atom. The molecule has 24 heavy (non-hydrogen) atoms. The van der Waals surface area contributed by atoms with Crippen LogP contribution in [0.2, 0.25) is 10.0 Å². The van der Waals surface area contributed by atoms with Gasteiger partial charge < -0.3 is 15.7 Å². The third kappa shape index (κ3) is 5.69. The van der Waals surface area contributed by atoms with Gasteiger partial charge in [0.15, 0.2) is 0 Å². The number of carbonyl (C=O) groups is 3. The number of carboxylic acids is 1. The standard InChI is InChI=1S/C16H20Cl2N2O4/c1-8(2)7-12(16(23)24)20-14(21)9(3)19-15(22)10-5-4-6-11(17)13(10)18/h4-6,8-9,12H,7H2,1-3H3,(H,19,22)(H,20,21)(H,23,24). The van der Waals surface area contributed by atoms with Gasteiger partial charge in [-0.2, -0.15) is 0 Å². The highest BCUT2D eigenvalue weighted by Gasteiger charge is 2.25. The van der Waals surface area contributed by atoms with E-state index in [-0.39, 0.29) is 21.5 Å². The molecule has 0 saturated heterocycles. The van der Waals surface area contributed by atoms with E-state index in [1.165, 1.54) is 13.0 Å². The summed E-state index contributed by atoms with van der Waals surface area (Å²) in [6, 6.07) is 2.65. The Bertz CT molecular complexity index is 635. The van der Waals surface area contributed by atoms with E-state index in [4.69, 9.17) is 28.3 Å². The lowest BCUT2D eigenvalue weighted by Gasteiger charge is -2.20. The predicted octanol–water partition coefficient (Wildman–Crippen LogP) is 2.73. The number of amides is 2. The first kappa shape index (κ1) is 20.3. The van der Waals surface area contributed by atoms with Gasteiger partial charge >= 0.3 is 5.97 Å². The summed E-state index contributed by atoms with van der Waals surface area (Å²) in [5, 5.41) is 14.4. The van der Waals surface area contributed by atoms with Crippen LogP contribution in [0.5, 0.6) is 0 Å². The van der Waals surface area contributed by atoms with E-state index in [0.29, 0.717) is 6.42 Å². The van der Waals surface area contributed by atoms with Gasteiger partial charge in [-0.25, -0.2) is 4.79 Å². The molecule has 0 bridgehead atoms. The summed E-state index contributed by atoms with van der Waals surface area (Å²) in [5.74, 6) is -2.18. The third-order valence-corrected chi connectivity index (χ3v) is 4.08. The molecule has 0 radical (unpaired) electrons. The van der Waals surface area contributed by atoms with Gasteiger partial charge in [0.05, 0.1) is 15.6 Å². The summed E-state index contributed by atoms with van der Waals surface area (Å²) in [5.41, 5.74) is 0.140. The van der Waals surface area contributed by atoms with Gasteiger partial charge in [0.25, 0.3) is 5.91 Å². The fourth-order valence-electron chi connectivity index (χ4n) is 2.01. The van der Waals surface area contributed by atoms with Gasteiger partial charge in [0, 0.05) is 0 Å². The second-order valence-electron chi connectivity index (χ2n) is 5.83. The highest BCUT2D eigenvalue weighted by molar-refractivity contribution is 6.43. The summed E-state index contributed by atoms with van der Waals surface area (Å²) < 4.78 is 0. The second kappa shape index (κ2) is 8.89. The number of halogens is 2. The molecule has 3 N–H and O–H groups in total. The van der Waals surface area contributed by atoms with Crippen LogP contribution in [0.25, 0.3) is 0 Å². The first-order valence-electron chi connectivity index (χ1n) is 7.41. The van der Waals surface area contributed by atoms with E-state index in [1.807, 2.05) is 13.8 Å². The maximum atomic E-state index is 12.2. The van der Waals surface area contributed by atoms with Gasteiger partial charge in [-0.1, -0.05) is 43.1 Å². The van der Waals surface area contributed by atoms with Crippen LogP contribution in [-0.2, 0) is 9.59 Å². The number of rotatable bonds is 7. The molecule has 6 nitrogen and oxygen atoms in total. The normalized spacial score (nSPS) is 13.2. The van der Waals surface area contributed by atoms with Crippen LogP contribution in [0.3, 0.4) is 0 Å². The monoisotopic (exact) mass is 374 g/mol. The van der Waals surface area contributed by atoms with Crippen molar-refractivity contribution in [3.63, 3.8) is 0 Å². The minimum Gasteiger partial charge on any atom is -0.480 e. The SMILES string of the molecule is CC(C)CC(NC(=O)C(C)NC(=O)c1cccc(Cl)c1Cl)C(=O)O. The Morgan fingerprint density at radius 1 is 1.12 bits per heavy atom. The van der Waals surface area contributed by atoms with Crippen molar-refractivity contribution < 1.29 is 19.5 Å². The maximum absolute atomic E-state index is 12.2. The van der Waals surface area contributed by atoms with E-state index in [2.05, 4.69) is 10.6 Å². The number of carbonyl (C=O) groups excluding carboxylic acids is 2. The third-order valence-electron chi connectivity index (χ3n) is 3.26. The average Bonchev–Trinajstić information content (AvgIpc) is 2.48. The number of nitrogens with one attached hydrogen (secondary N) is 2. The summed E-state index contributed by atoms with van der Waals surface area (Å²) >= 11 is 11.8. The van der Waals surface area contributed by atoms with Gasteiger partial charge in [0.2, 0.25) is 5.91 Å². The van der Waals surface area contributed by atoms with Crippen molar-refractivity contribution in [2.24, 2.45) is 5.92 Å². The molecule has 0 aliphatic carbocycles. The van der Waals surface area contributed by atoms with Crippen LogP contribution in [-0.4, -0.2) is 35.0 Å². The van der Waals surface area contributed by atoms with E-state index in [9.17, 15) is 14.4 Å². The Kier molecular flexibility index (Phi) is 7.51. The van der Waals surface area contributed by atoms with Crippen LogP contribution in [0.4, 0.5) is 0 Å². The van der Waals surface area contributed by atoms with Crippen LogP contribution in [0.1, 0.15) is 37.6 Å². The minimum absolute atomic E-state index is 0.0903. The summed E-state index contributed by atoms with van der Waals surface area (Å²) in [7, 11) is 0. The molecule has 0 fully saturated rings. The van der Waals surface area contributed by atoms with Gasteiger partial charge in [-0.3, -0.25) is 9.59 Å². The Balaban J connectivity index is 2.74. The zero-order valence-corrected chi connectivity index (χ0v) is 15.1. The highest BCUT2D eigenvalue weighted by atomic mass is 35.5. The Labute approximate surface area is 150 Å². The summed E-state index contributed by atoms with van der Waals surface area (Å²) in [4.78, 5) is 35.5. The first-order valence-corrected chi connectivity index (χ1v) is 8.17. The minimum atomic E-state index is -1.12. The molecule has 1 rings (SSSR count). The number of benzene rings is 1. The Morgan fingerprint density at radius 3 is 2.29 bits per heavy atom. The number of hydrogen-bond acceptors (Lipinski definition) is 3. The topological polar surface area (TPSA) is 95.5 Å². The van der Waals surface area contributed by atoms with Crippen LogP contribution >= 0.6 is 23.2 Å². The summed E-state index contributed by atoms with van der Waals surface area (Å²) in [6.45, 7) is 5.17. The van der Waals surface area contributed by atoms with Crippen molar-refractivity contribution in [1.82, 2.24) is 10.6 Å². The fraction of sp³-hybridized carbons (Fsp3) is 0.438. The summed E-state index contributed by atoms with van der Waals surface area (Å²) in [6.07, 6.45) is 0.294. The molecule has 132 valence electrons. The van der Waals surface area contributed by atoms with Gasteiger partial charge in [-0.15, -0.1) is 0 Å². The van der Waals surface area contributed by atoms with E-state index in [0.717, 1.165) is 0 Å². The predicted molar refractivity (Wildman–Crippen MR) is 92.4 cm³/mol. The van der Waals surface area contributed by atoms with Crippen molar-refractivity contribution in [2.75, 3.05) is 0 Å². The smallest absolute Gasteiger partial charge is 0.326 e. The van der Waals surface area contributed by atoms with Gasteiger partial charge in [0.1, 0.15) is 12.1 Å². The molecule has 0 aromatic heterocycles. The number of hydrogen-bond donors (Lipinski definition) is 3. The maximum Gasteiger partial charge on any atom is 0.326 e. The molecule has 8 heteroatoms. The molecule has 1 aromatic rings. The zero-order chi connectivity index (χ0) is 18.4. The van der Waals surface area contributed by atoms with Crippen LogP contribution < -0.4 is 10.6 Å². The lowest BCUT2D eigenvalue weighted by molar-refractivity contribution is -0.142. The largest absolute Gasteiger partial charge is 0.480 e.